The molecule has 7 heteroatoms. The Bertz CT molecular complexity index is 814. The van der Waals surface area contributed by atoms with Gasteiger partial charge in [0, 0.05) is 5.56 Å². The highest BCUT2D eigenvalue weighted by molar-refractivity contribution is 5.73. The van der Waals surface area contributed by atoms with Crippen LogP contribution in [0.4, 0.5) is 13.2 Å². The second kappa shape index (κ2) is 7.38. The number of carbonyl (C=O) groups excluding carboxylic acids is 1. The van der Waals surface area contributed by atoms with Crippen LogP contribution in [0.2, 0.25) is 0 Å². The summed E-state index contributed by atoms with van der Waals surface area (Å²) in [7, 11) is 0. The summed E-state index contributed by atoms with van der Waals surface area (Å²) < 4.78 is 41.8. The highest BCUT2D eigenvalue weighted by Gasteiger charge is 2.23. The Morgan fingerprint density at radius 1 is 1.16 bits per heavy atom. The highest BCUT2D eigenvalue weighted by atomic mass is 19.2. The van der Waals surface area contributed by atoms with Gasteiger partial charge in [0.25, 0.3) is 0 Å². The van der Waals surface area contributed by atoms with Gasteiger partial charge in [0.2, 0.25) is 6.41 Å². The first kappa shape index (κ1) is 18.5. The summed E-state index contributed by atoms with van der Waals surface area (Å²) in [6.45, 7) is 3.26. The number of halogens is 3. The van der Waals surface area contributed by atoms with E-state index in [1.807, 2.05) is 0 Å². The molecule has 2 N–H and O–H groups in total. The predicted molar refractivity (Wildman–Crippen MR) is 85.4 cm³/mol. The molecule has 0 radical (unpaired) electrons. The summed E-state index contributed by atoms with van der Waals surface area (Å²) in [6.07, 6.45) is -0.383. The third kappa shape index (κ3) is 3.99. The summed E-state index contributed by atoms with van der Waals surface area (Å²) >= 11 is 0. The van der Waals surface area contributed by atoms with Gasteiger partial charge in [0.1, 0.15) is 5.82 Å². The fraction of sp³-hybridized carbons (Fsp3) is 0.222. The lowest BCUT2D eigenvalue weighted by atomic mass is 9.92. The molecular formula is C18H16F3NO3. The molecule has 0 aliphatic rings. The second-order valence-electron chi connectivity index (χ2n) is 5.71. The SMILES string of the molecule is Cc1cc(F)cc(C)c1-c1cc(F)c(F)c([C@H](CC(=O)O)NC=O)c1. The molecule has 4 nitrogen and oxygen atoms in total. The zero-order valence-electron chi connectivity index (χ0n) is 13.6. The molecule has 2 aromatic carbocycles. The van der Waals surface area contributed by atoms with Crippen LogP contribution in [0, 0.1) is 31.3 Å². The van der Waals surface area contributed by atoms with Gasteiger partial charge in [-0.05, 0) is 60.4 Å². The van der Waals surface area contributed by atoms with Crippen molar-refractivity contribution in [1.82, 2.24) is 5.32 Å². The molecule has 0 fully saturated rings. The molecule has 0 saturated carbocycles. The van der Waals surface area contributed by atoms with Crippen molar-refractivity contribution in [2.24, 2.45) is 0 Å². The lowest BCUT2D eigenvalue weighted by Gasteiger charge is -2.18. The Hall–Kier alpha value is -2.83. The maximum Gasteiger partial charge on any atom is 0.305 e. The maximum absolute atomic E-state index is 14.2. The van der Waals surface area contributed by atoms with Crippen LogP contribution in [0.25, 0.3) is 11.1 Å². The van der Waals surface area contributed by atoms with Crippen LogP contribution < -0.4 is 5.32 Å². The molecule has 0 heterocycles. The molecule has 132 valence electrons. The van der Waals surface area contributed by atoms with E-state index >= 15 is 0 Å². The lowest BCUT2D eigenvalue weighted by Crippen LogP contribution is -2.24. The topological polar surface area (TPSA) is 66.4 Å². The van der Waals surface area contributed by atoms with Crippen LogP contribution in [0.1, 0.15) is 29.2 Å². The van der Waals surface area contributed by atoms with Crippen LogP contribution in [0.3, 0.4) is 0 Å². The van der Waals surface area contributed by atoms with Crippen molar-refractivity contribution in [3.63, 3.8) is 0 Å². The summed E-state index contributed by atoms with van der Waals surface area (Å²) in [6, 6.07) is 3.54. The van der Waals surface area contributed by atoms with Gasteiger partial charge in [-0.25, -0.2) is 13.2 Å². The van der Waals surface area contributed by atoms with E-state index in [0.29, 0.717) is 16.7 Å². The summed E-state index contributed by atoms with van der Waals surface area (Å²) in [5.74, 6) is -4.15. The van der Waals surface area contributed by atoms with E-state index in [1.54, 1.807) is 13.8 Å². The molecular weight excluding hydrogens is 335 g/mol. The van der Waals surface area contributed by atoms with E-state index in [9.17, 15) is 22.8 Å². The van der Waals surface area contributed by atoms with Crippen molar-refractivity contribution in [3.8, 4) is 11.1 Å². The zero-order valence-corrected chi connectivity index (χ0v) is 13.6. The molecule has 0 unspecified atom stereocenters. The summed E-state index contributed by atoms with van der Waals surface area (Å²) in [5.41, 5.74) is 1.54. The van der Waals surface area contributed by atoms with Crippen LogP contribution in [0.5, 0.6) is 0 Å². The largest absolute Gasteiger partial charge is 0.481 e. The first-order valence-electron chi connectivity index (χ1n) is 7.42. The minimum Gasteiger partial charge on any atom is -0.481 e. The number of benzene rings is 2. The first-order chi connectivity index (χ1) is 11.7. The smallest absolute Gasteiger partial charge is 0.305 e. The Kier molecular flexibility index (Phi) is 5.46. The van der Waals surface area contributed by atoms with Gasteiger partial charge in [0.05, 0.1) is 12.5 Å². The van der Waals surface area contributed by atoms with Gasteiger partial charge in [0.15, 0.2) is 11.6 Å². The van der Waals surface area contributed by atoms with E-state index in [0.717, 1.165) is 6.07 Å². The number of hydrogen-bond donors (Lipinski definition) is 2. The standard InChI is InChI=1S/C18H16F3NO3/c1-9-3-12(19)4-10(2)17(9)11-5-13(18(21)14(20)6-11)15(22-8-23)7-16(24)25/h3-6,8,15H,7H2,1-2H3,(H,22,23)(H,24,25)/t15-/m0/s1. The number of carboxylic acids is 1. The Labute approximate surface area is 142 Å². The van der Waals surface area contributed by atoms with Crippen molar-refractivity contribution < 1.29 is 27.9 Å². The van der Waals surface area contributed by atoms with Crippen molar-refractivity contribution >= 4 is 12.4 Å². The van der Waals surface area contributed by atoms with Crippen molar-refractivity contribution in [2.45, 2.75) is 26.3 Å². The Balaban J connectivity index is 2.65. The van der Waals surface area contributed by atoms with Crippen molar-refractivity contribution in [1.29, 1.82) is 0 Å². The predicted octanol–water partition coefficient (Wildman–Crippen LogP) is 3.65. The third-order valence-corrected chi connectivity index (χ3v) is 3.87. The van der Waals surface area contributed by atoms with E-state index < -0.39 is 35.9 Å². The van der Waals surface area contributed by atoms with Gasteiger partial charge in [-0.3, -0.25) is 9.59 Å². The minimum atomic E-state index is -1.28. The molecule has 0 spiro atoms. The number of nitrogens with one attached hydrogen (secondary N) is 1. The Morgan fingerprint density at radius 3 is 2.28 bits per heavy atom. The molecule has 25 heavy (non-hydrogen) atoms. The van der Waals surface area contributed by atoms with Crippen LogP contribution in [0.15, 0.2) is 24.3 Å². The number of carboxylic acid groups (broad SMARTS) is 1. The third-order valence-electron chi connectivity index (χ3n) is 3.87. The molecule has 1 atom stereocenters. The van der Waals surface area contributed by atoms with Crippen molar-refractivity contribution in [2.75, 3.05) is 0 Å². The normalized spacial score (nSPS) is 11.9. The van der Waals surface area contributed by atoms with E-state index in [2.05, 4.69) is 5.32 Å². The fourth-order valence-corrected chi connectivity index (χ4v) is 2.89. The van der Waals surface area contributed by atoms with Gasteiger partial charge in [-0.2, -0.15) is 0 Å². The molecule has 0 aliphatic heterocycles. The first-order valence-corrected chi connectivity index (χ1v) is 7.42. The van der Waals surface area contributed by atoms with E-state index in [4.69, 9.17) is 5.11 Å². The molecule has 2 aromatic rings. The summed E-state index contributed by atoms with van der Waals surface area (Å²) in [4.78, 5) is 21.6. The number of amides is 1. The van der Waals surface area contributed by atoms with Crippen molar-refractivity contribution in [3.05, 3.63) is 58.4 Å². The van der Waals surface area contributed by atoms with Crippen LogP contribution in [-0.4, -0.2) is 17.5 Å². The van der Waals surface area contributed by atoms with Gasteiger partial charge in [-0.1, -0.05) is 0 Å². The Morgan fingerprint density at radius 2 is 1.76 bits per heavy atom. The molecule has 2 rings (SSSR count). The van der Waals surface area contributed by atoms with Crippen LogP contribution >= 0.6 is 0 Å². The monoisotopic (exact) mass is 351 g/mol. The van der Waals surface area contributed by atoms with Gasteiger partial charge < -0.3 is 10.4 Å². The zero-order chi connectivity index (χ0) is 18.7. The minimum absolute atomic E-state index is 0.228. The molecule has 1 amide bonds. The molecule has 0 saturated heterocycles. The fourth-order valence-electron chi connectivity index (χ4n) is 2.89. The average Bonchev–Trinajstić information content (AvgIpc) is 2.48. The highest BCUT2D eigenvalue weighted by Crippen LogP contribution is 2.33. The quantitative estimate of drug-likeness (QED) is 0.781. The maximum atomic E-state index is 14.2. The number of carbonyl (C=O) groups is 2. The number of hydrogen-bond acceptors (Lipinski definition) is 2. The molecule has 0 aromatic heterocycles. The average molecular weight is 351 g/mol. The number of aryl methyl sites for hydroxylation is 2. The van der Waals surface area contributed by atoms with E-state index in [-0.39, 0.29) is 17.5 Å². The molecule has 0 aliphatic carbocycles. The second-order valence-corrected chi connectivity index (χ2v) is 5.71. The summed E-state index contributed by atoms with van der Waals surface area (Å²) in [5, 5.41) is 11.1. The van der Waals surface area contributed by atoms with Gasteiger partial charge >= 0.3 is 5.97 Å². The van der Waals surface area contributed by atoms with E-state index in [1.165, 1.54) is 18.2 Å². The van der Waals surface area contributed by atoms with Gasteiger partial charge in [-0.15, -0.1) is 0 Å². The molecule has 0 bridgehead atoms. The van der Waals surface area contributed by atoms with Crippen LogP contribution in [-0.2, 0) is 9.59 Å². The number of rotatable bonds is 6. The number of aliphatic carboxylic acids is 1. The lowest BCUT2D eigenvalue weighted by molar-refractivity contribution is -0.137.